The Morgan fingerprint density at radius 1 is 0.909 bits per heavy atom. The van der Waals surface area contributed by atoms with Crippen molar-refractivity contribution in [3.8, 4) is 0 Å². The van der Waals surface area contributed by atoms with E-state index < -0.39 is 0 Å². The second-order valence-corrected chi connectivity index (χ2v) is 6.01. The van der Waals surface area contributed by atoms with Gasteiger partial charge in [0.2, 0.25) is 0 Å². The zero-order valence-electron chi connectivity index (χ0n) is 13.5. The van der Waals surface area contributed by atoms with Crippen LogP contribution in [-0.4, -0.2) is 36.9 Å². The van der Waals surface area contributed by atoms with Crippen LogP contribution in [0.1, 0.15) is 58.3 Å². The summed E-state index contributed by atoms with van der Waals surface area (Å²) >= 11 is 11.0. The zero-order valence-corrected chi connectivity index (χ0v) is 15.0. The summed E-state index contributed by atoms with van der Waals surface area (Å²) in [6, 6.07) is 0. The number of hydrogen-bond donors (Lipinski definition) is 0. The molecule has 0 bridgehead atoms. The summed E-state index contributed by atoms with van der Waals surface area (Å²) in [5, 5.41) is 0. The minimum absolute atomic E-state index is 0.174. The summed E-state index contributed by atoms with van der Waals surface area (Å²) in [4.78, 5) is 22.7. The van der Waals surface area contributed by atoms with E-state index in [1.165, 1.54) is 0 Å². The first-order valence-electron chi connectivity index (χ1n) is 8.07. The monoisotopic (exact) mass is 354 g/mol. The van der Waals surface area contributed by atoms with Crippen LogP contribution >= 0.6 is 23.2 Å². The van der Waals surface area contributed by atoms with Gasteiger partial charge in [-0.3, -0.25) is 9.59 Å². The molecule has 0 aliphatic rings. The van der Waals surface area contributed by atoms with E-state index in [9.17, 15) is 9.59 Å². The highest BCUT2D eigenvalue weighted by Gasteiger charge is 2.10. The first kappa shape index (κ1) is 21.5. The van der Waals surface area contributed by atoms with Crippen molar-refractivity contribution in [3.63, 3.8) is 0 Å². The largest absolute Gasteiger partial charge is 0.466 e. The highest BCUT2D eigenvalue weighted by Crippen LogP contribution is 2.14. The van der Waals surface area contributed by atoms with Crippen LogP contribution in [0, 0.1) is 5.92 Å². The normalized spacial score (nSPS) is 12.0. The molecule has 0 aromatic carbocycles. The highest BCUT2D eigenvalue weighted by atomic mass is 35.5. The van der Waals surface area contributed by atoms with Crippen molar-refractivity contribution in [3.05, 3.63) is 0 Å². The first-order valence-corrected chi connectivity index (χ1v) is 9.14. The van der Waals surface area contributed by atoms with Crippen LogP contribution in [0.4, 0.5) is 0 Å². The Balaban J connectivity index is 3.61. The Kier molecular flexibility index (Phi) is 15.1. The van der Waals surface area contributed by atoms with Crippen LogP contribution in [0.3, 0.4) is 0 Å². The average molecular weight is 355 g/mol. The van der Waals surface area contributed by atoms with Gasteiger partial charge in [-0.1, -0.05) is 13.3 Å². The fourth-order valence-corrected chi connectivity index (χ4v) is 2.17. The Hall–Kier alpha value is -0.480. The lowest BCUT2D eigenvalue weighted by Crippen LogP contribution is -2.14. The first-order chi connectivity index (χ1) is 10.6. The fourth-order valence-electron chi connectivity index (χ4n) is 1.90. The smallest absolute Gasteiger partial charge is 0.305 e. The third-order valence-electron chi connectivity index (χ3n) is 3.36. The minimum Gasteiger partial charge on any atom is -0.466 e. The van der Waals surface area contributed by atoms with Gasteiger partial charge in [-0.15, -0.1) is 23.2 Å². The molecule has 0 saturated heterocycles. The molecule has 130 valence electrons. The van der Waals surface area contributed by atoms with E-state index in [2.05, 4.69) is 6.92 Å². The lowest BCUT2D eigenvalue weighted by atomic mass is 10.0. The van der Waals surface area contributed by atoms with Crippen molar-refractivity contribution in [2.75, 3.05) is 25.0 Å². The topological polar surface area (TPSA) is 52.6 Å². The molecular weight excluding hydrogens is 327 g/mol. The predicted octanol–water partition coefficient (Wildman–Crippen LogP) is 4.31. The second-order valence-electron chi connectivity index (χ2n) is 5.26. The molecule has 4 nitrogen and oxygen atoms in total. The van der Waals surface area contributed by atoms with Gasteiger partial charge < -0.3 is 9.47 Å². The number of unbranched alkanes of at least 4 members (excludes halogenated alkanes) is 1. The van der Waals surface area contributed by atoms with Crippen LogP contribution in [0.15, 0.2) is 0 Å². The van der Waals surface area contributed by atoms with E-state index in [-0.39, 0.29) is 11.9 Å². The third-order valence-corrected chi connectivity index (χ3v) is 3.89. The van der Waals surface area contributed by atoms with Crippen LogP contribution in [0.5, 0.6) is 0 Å². The molecule has 0 saturated carbocycles. The van der Waals surface area contributed by atoms with Gasteiger partial charge in [0.05, 0.1) is 13.2 Å². The molecule has 22 heavy (non-hydrogen) atoms. The van der Waals surface area contributed by atoms with Gasteiger partial charge in [-0.2, -0.15) is 0 Å². The standard InChI is InChI=1S/C16H28Cl2O4/c1-2-14(13-22-16(20)9-6-11-18)7-3-4-12-21-15(19)8-5-10-17/h14H,2-13H2,1H3. The summed E-state index contributed by atoms with van der Waals surface area (Å²) in [6.07, 6.45) is 5.83. The van der Waals surface area contributed by atoms with Crippen molar-refractivity contribution in [1.29, 1.82) is 0 Å². The third kappa shape index (κ3) is 13.2. The van der Waals surface area contributed by atoms with Gasteiger partial charge in [-0.05, 0) is 38.0 Å². The molecule has 0 heterocycles. The average Bonchev–Trinajstić information content (AvgIpc) is 2.53. The van der Waals surface area contributed by atoms with Gasteiger partial charge in [0.1, 0.15) is 0 Å². The minimum atomic E-state index is -0.180. The lowest BCUT2D eigenvalue weighted by molar-refractivity contribution is -0.146. The Morgan fingerprint density at radius 3 is 2.05 bits per heavy atom. The fraction of sp³-hybridized carbons (Fsp3) is 0.875. The number of halogens is 2. The van der Waals surface area contributed by atoms with Gasteiger partial charge in [-0.25, -0.2) is 0 Å². The molecule has 0 N–H and O–H groups in total. The molecule has 1 unspecified atom stereocenters. The Morgan fingerprint density at radius 2 is 1.50 bits per heavy atom. The lowest BCUT2D eigenvalue weighted by Gasteiger charge is -2.15. The van der Waals surface area contributed by atoms with E-state index in [0.717, 1.165) is 25.7 Å². The summed E-state index contributed by atoms with van der Waals surface area (Å²) in [5.41, 5.74) is 0. The molecule has 0 rings (SSSR count). The molecule has 6 heteroatoms. The van der Waals surface area contributed by atoms with Gasteiger partial charge >= 0.3 is 11.9 Å². The quantitative estimate of drug-likeness (QED) is 0.265. The molecular formula is C16H28Cl2O4. The maximum absolute atomic E-state index is 11.4. The number of rotatable bonds is 14. The summed E-state index contributed by atoms with van der Waals surface area (Å²) in [6.45, 7) is 3.00. The number of hydrogen-bond acceptors (Lipinski definition) is 4. The van der Waals surface area contributed by atoms with Crippen molar-refractivity contribution >= 4 is 35.1 Å². The Labute approximate surface area is 143 Å². The Bertz CT molecular complexity index is 298. The van der Waals surface area contributed by atoms with Crippen molar-refractivity contribution < 1.29 is 19.1 Å². The highest BCUT2D eigenvalue weighted by molar-refractivity contribution is 6.18. The maximum atomic E-state index is 11.4. The molecule has 0 aliphatic heterocycles. The molecule has 0 aromatic rings. The van der Waals surface area contributed by atoms with Crippen molar-refractivity contribution in [1.82, 2.24) is 0 Å². The summed E-state index contributed by atoms with van der Waals surface area (Å²) < 4.78 is 10.3. The summed E-state index contributed by atoms with van der Waals surface area (Å²) in [5.74, 6) is 0.979. The van der Waals surface area contributed by atoms with Crippen molar-refractivity contribution in [2.45, 2.75) is 58.3 Å². The van der Waals surface area contributed by atoms with Crippen LogP contribution in [0.2, 0.25) is 0 Å². The molecule has 0 amide bonds. The van der Waals surface area contributed by atoms with Gasteiger partial charge in [0.15, 0.2) is 0 Å². The molecule has 0 aliphatic carbocycles. The van der Waals surface area contributed by atoms with Crippen molar-refractivity contribution in [2.24, 2.45) is 5.92 Å². The number of esters is 2. The number of carbonyl (C=O) groups excluding carboxylic acids is 2. The number of carbonyl (C=O) groups is 2. The molecule has 0 spiro atoms. The zero-order chi connectivity index (χ0) is 16.6. The molecule has 0 aromatic heterocycles. The van der Waals surface area contributed by atoms with E-state index >= 15 is 0 Å². The second kappa shape index (κ2) is 15.4. The molecule has 0 radical (unpaired) electrons. The van der Waals surface area contributed by atoms with Gasteiger partial charge in [0.25, 0.3) is 0 Å². The van der Waals surface area contributed by atoms with Crippen LogP contribution in [0.25, 0.3) is 0 Å². The maximum Gasteiger partial charge on any atom is 0.305 e. The number of alkyl halides is 2. The molecule has 0 fully saturated rings. The predicted molar refractivity (Wildman–Crippen MR) is 89.5 cm³/mol. The van der Waals surface area contributed by atoms with Gasteiger partial charge in [0, 0.05) is 24.6 Å². The van der Waals surface area contributed by atoms with Crippen LogP contribution < -0.4 is 0 Å². The van der Waals surface area contributed by atoms with Crippen LogP contribution in [-0.2, 0) is 19.1 Å². The van der Waals surface area contributed by atoms with E-state index in [4.69, 9.17) is 32.7 Å². The SMILES string of the molecule is CCC(CCCCOC(=O)CCCCl)COC(=O)CCCCl. The number of ether oxygens (including phenoxy) is 2. The van der Waals surface area contributed by atoms with E-state index in [1.807, 2.05) is 0 Å². The summed E-state index contributed by atoms with van der Waals surface area (Å²) in [7, 11) is 0. The van der Waals surface area contributed by atoms with E-state index in [1.54, 1.807) is 0 Å². The molecule has 1 atom stereocenters. The van der Waals surface area contributed by atoms with E-state index in [0.29, 0.717) is 56.6 Å².